The van der Waals surface area contributed by atoms with Crippen molar-refractivity contribution in [2.24, 2.45) is 0 Å². The predicted octanol–water partition coefficient (Wildman–Crippen LogP) is 3.49. The van der Waals surface area contributed by atoms with E-state index in [1.165, 1.54) is 7.11 Å². The fourth-order valence-electron chi connectivity index (χ4n) is 2.98. The standard InChI is InChI=1S/C23H23N3O3/c1-16-11-12-18(23(28)29-2)14-20(16)26-21(27)15-25-22(17-8-4-3-5-9-17)19-10-6-7-13-24-19/h3-14,22,25H,15H2,1-2H3,(H,26,27). The van der Waals surface area contributed by atoms with Crippen LogP contribution in [-0.4, -0.2) is 30.5 Å². The van der Waals surface area contributed by atoms with E-state index in [-0.39, 0.29) is 18.5 Å². The van der Waals surface area contributed by atoms with Crippen LogP contribution in [0.2, 0.25) is 0 Å². The molecule has 1 aromatic heterocycles. The minimum Gasteiger partial charge on any atom is -0.465 e. The lowest BCUT2D eigenvalue weighted by Gasteiger charge is -2.19. The number of pyridine rings is 1. The van der Waals surface area contributed by atoms with Gasteiger partial charge in [-0.05, 0) is 42.3 Å². The highest BCUT2D eigenvalue weighted by molar-refractivity contribution is 5.96. The molecule has 2 N–H and O–H groups in total. The Balaban J connectivity index is 1.72. The lowest BCUT2D eigenvalue weighted by molar-refractivity contribution is -0.115. The van der Waals surface area contributed by atoms with E-state index in [0.717, 1.165) is 16.8 Å². The third-order valence-corrected chi connectivity index (χ3v) is 4.52. The molecule has 0 aliphatic carbocycles. The fourth-order valence-corrected chi connectivity index (χ4v) is 2.98. The van der Waals surface area contributed by atoms with Gasteiger partial charge in [-0.15, -0.1) is 0 Å². The average Bonchev–Trinajstić information content (AvgIpc) is 2.76. The summed E-state index contributed by atoms with van der Waals surface area (Å²) in [6, 6.07) is 20.4. The number of rotatable bonds is 7. The molecule has 1 unspecified atom stereocenters. The first-order valence-electron chi connectivity index (χ1n) is 9.26. The zero-order valence-electron chi connectivity index (χ0n) is 16.4. The van der Waals surface area contributed by atoms with Crippen molar-refractivity contribution in [2.75, 3.05) is 19.0 Å². The molecule has 0 saturated heterocycles. The van der Waals surface area contributed by atoms with Crippen LogP contribution in [0.1, 0.15) is 33.2 Å². The third kappa shape index (κ3) is 5.27. The number of aryl methyl sites for hydroxylation is 1. The van der Waals surface area contributed by atoms with Crippen molar-refractivity contribution in [3.05, 3.63) is 95.3 Å². The van der Waals surface area contributed by atoms with Crippen LogP contribution >= 0.6 is 0 Å². The topological polar surface area (TPSA) is 80.3 Å². The Hall–Kier alpha value is -3.51. The highest BCUT2D eigenvalue weighted by atomic mass is 16.5. The summed E-state index contributed by atoms with van der Waals surface area (Å²) in [7, 11) is 1.33. The molecule has 0 spiro atoms. The van der Waals surface area contributed by atoms with Crippen LogP contribution < -0.4 is 10.6 Å². The number of carbonyl (C=O) groups excluding carboxylic acids is 2. The summed E-state index contributed by atoms with van der Waals surface area (Å²) in [5.74, 6) is -0.662. The molecule has 0 saturated carbocycles. The van der Waals surface area contributed by atoms with Crippen molar-refractivity contribution in [1.82, 2.24) is 10.3 Å². The average molecular weight is 389 g/mol. The second kappa shape index (κ2) is 9.61. The molecule has 3 rings (SSSR count). The van der Waals surface area contributed by atoms with Crippen LogP contribution in [0.5, 0.6) is 0 Å². The van der Waals surface area contributed by atoms with E-state index in [1.807, 2.05) is 55.5 Å². The molecule has 0 aliphatic rings. The summed E-state index contributed by atoms with van der Waals surface area (Å²) < 4.78 is 4.74. The van der Waals surface area contributed by atoms with Crippen LogP contribution in [0, 0.1) is 6.92 Å². The third-order valence-electron chi connectivity index (χ3n) is 4.52. The van der Waals surface area contributed by atoms with Crippen molar-refractivity contribution in [1.29, 1.82) is 0 Å². The normalized spacial score (nSPS) is 11.5. The lowest BCUT2D eigenvalue weighted by atomic mass is 10.0. The Kier molecular flexibility index (Phi) is 6.71. The van der Waals surface area contributed by atoms with Crippen molar-refractivity contribution < 1.29 is 14.3 Å². The largest absolute Gasteiger partial charge is 0.465 e. The number of amides is 1. The van der Waals surface area contributed by atoms with Gasteiger partial charge in [0.25, 0.3) is 0 Å². The number of carbonyl (C=O) groups is 2. The van der Waals surface area contributed by atoms with Crippen LogP contribution in [0.15, 0.2) is 72.9 Å². The van der Waals surface area contributed by atoms with E-state index < -0.39 is 5.97 Å². The first-order chi connectivity index (χ1) is 14.1. The minimum absolute atomic E-state index is 0.0814. The summed E-state index contributed by atoms with van der Waals surface area (Å²) >= 11 is 0. The smallest absolute Gasteiger partial charge is 0.337 e. The van der Waals surface area contributed by atoms with E-state index in [2.05, 4.69) is 15.6 Å². The zero-order chi connectivity index (χ0) is 20.6. The molecule has 2 aromatic carbocycles. The number of methoxy groups -OCH3 is 1. The van der Waals surface area contributed by atoms with E-state index in [9.17, 15) is 9.59 Å². The first-order valence-corrected chi connectivity index (χ1v) is 9.26. The van der Waals surface area contributed by atoms with Gasteiger partial charge in [0.1, 0.15) is 0 Å². The molecule has 0 radical (unpaired) electrons. The van der Waals surface area contributed by atoms with Crippen LogP contribution in [0.4, 0.5) is 5.69 Å². The van der Waals surface area contributed by atoms with Crippen LogP contribution in [-0.2, 0) is 9.53 Å². The molecule has 0 fully saturated rings. The first kappa shape index (κ1) is 20.2. The van der Waals surface area contributed by atoms with E-state index >= 15 is 0 Å². The van der Waals surface area contributed by atoms with Crippen molar-refractivity contribution in [3.8, 4) is 0 Å². The van der Waals surface area contributed by atoms with E-state index in [0.29, 0.717) is 11.3 Å². The second-order valence-corrected chi connectivity index (χ2v) is 6.55. The van der Waals surface area contributed by atoms with Gasteiger partial charge in [0.2, 0.25) is 5.91 Å². The minimum atomic E-state index is -0.446. The summed E-state index contributed by atoms with van der Waals surface area (Å²) in [4.78, 5) is 28.7. The van der Waals surface area contributed by atoms with Crippen molar-refractivity contribution in [3.63, 3.8) is 0 Å². The molecule has 6 nitrogen and oxygen atoms in total. The van der Waals surface area contributed by atoms with Crippen LogP contribution in [0.25, 0.3) is 0 Å². The Labute approximate surface area is 169 Å². The highest BCUT2D eigenvalue weighted by Gasteiger charge is 2.17. The SMILES string of the molecule is COC(=O)c1ccc(C)c(NC(=O)CNC(c2ccccc2)c2ccccn2)c1. The number of nitrogens with zero attached hydrogens (tertiary/aromatic N) is 1. The molecular weight excluding hydrogens is 366 g/mol. The molecule has 1 amide bonds. The number of anilines is 1. The molecular formula is C23H23N3O3. The number of nitrogens with one attached hydrogen (secondary N) is 2. The lowest BCUT2D eigenvalue weighted by Crippen LogP contribution is -2.32. The van der Waals surface area contributed by atoms with Gasteiger partial charge in [-0.1, -0.05) is 42.5 Å². The Morgan fingerprint density at radius 3 is 2.48 bits per heavy atom. The zero-order valence-corrected chi connectivity index (χ0v) is 16.4. The van der Waals surface area contributed by atoms with Crippen molar-refractivity contribution >= 4 is 17.6 Å². The van der Waals surface area contributed by atoms with E-state index in [4.69, 9.17) is 4.74 Å². The Morgan fingerprint density at radius 1 is 1.03 bits per heavy atom. The number of benzene rings is 2. The molecule has 1 heterocycles. The fraction of sp³-hybridized carbons (Fsp3) is 0.174. The molecule has 0 bridgehead atoms. The second-order valence-electron chi connectivity index (χ2n) is 6.55. The number of hydrogen-bond donors (Lipinski definition) is 2. The van der Waals surface area contributed by atoms with Crippen molar-refractivity contribution in [2.45, 2.75) is 13.0 Å². The maximum Gasteiger partial charge on any atom is 0.337 e. The molecule has 0 aliphatic heterocycles. The Morgan fingerprint density at radius 2 is 1.79 bits per heavy atom. The summed E-state index contributed by atoms with van der Waals surface area (Å²) in [5.41, 5.74) is 3.67. The maximum atomic E-state index is 12.6. The predicted molar refractivity (Wildman–Crippen MR) is 112 cm³/mol. The van der Waals surface area contributed by atoms with Gasteiger partial charge in [-0.3, -0.25) is 15.1 Å². The van der Waals surface area contributed by atoms with Gasteiger partial charge in [0.05, 0.1) is 31.0 Å². The van der Waals surface area contributed by atoms with Crippen LogP contribution in [0.3, 0.4) is 0 Å². The molecule has 29 heavy (non-hydrogen) atoms. The molecule has 1 atom stereocenters. The van der Waals surface area contributed by atoms with Gasteiger partial charge in [0, 0.05) is 11.9 Å². The maximum absolute atomic E-state index is 12.6. The highest BCUT2D eigenvalue weighted by Crippen LogP contribution is 2.20. The molecule has 148 valence electrons. The monoisotopic (exact) mass is 389 g/mol. The van der Waals surface area contributed by atoms with Gasteiger partial charge in [-0.2, -0.15) is 0 Å². The Bertz CT molecular complexity index is 936. The van der Waals surface area contributed by atoms with Gasteiger partial charge < -0.3 is 10.1 Å². The summed E-state index contributed by atoms with van der Waals surface area (Å²) in [6.07, 6.45) is 1.73. The summed E-state index contributed by atoms with van der Waals surface area (Å²) in [6.45, 7) is 1.95. The van der Waals surface area contributed by atoms with E-state index in [1.54, 1.807) is 24.4 Å². The number of esters is 1. The quantitative estimate of drug-likeness (QED) is 0.605. The van der Waals surface area contributed by atoms with Gasteiger partial charge >= 0.3 is 5.97 Å². The molecule has 6 heteroatoms. The number of hydrogen-bond acceptors (Lipinski definition) is 5. The number of ether oxygens (including phenoxy) is 1. The number of aromatic nitrogens is 1. The summed E-state index contributed by atoms with van der Waals surface area (Å²) in [5, 5.41) is 6.13. The molecule has 3 aromatic rings. The van der Waals surface area contributed by atoms with Gasteiger partial charge in [-0.25, -0.2) is 4.79 Å². The van der Waals surface area contributed by atoms with Gasteiger partial charge in [0.15, 0.2) is 0 Å².